The number of hydrogen-bond acceptors (Lipinski definition) is 3. The number of Topliss-reactive ketones (excluding diaryl/α,β-unsaturated/α-hetero) is 1. The first-order valence-corrected chi connectivity index (χ1v) is 8.16. The van der Waals surface area contributed by atoms with Crippen LogP contribution in [0.3, 0.4) is 0 Å². The van der Waals surface area contributed by atoms with E-state index in [1.807, 2.05) is 36.4 Å². The van der Waals surface area contributed by atoms with Crippen LogP contribution in [0.1, 0.15) is 16.8 Å². The molecule has 1 heterocycles. The van der Waals surface area contributed by atoms with Crippen LogP contribution in [0.4, 0.5) is 5.69 Å². The summed E-state index contributed by atoms with van der Waals surface area (Å²) in [5, 5.41) is 2.48. The van der Waals surface area contributed by atoms with Gasteiger partial charge in [-0.2, -0.15) is 0 Å². The van der Waals surface area contributed by atoms with Gasteiger partial charge in [-0.1, -0.05) is 40.2 Å². The molecule has 2 aromatic rings. The molecule has 21 heavy (non-hydrogen) atoms. The van der Waals surface area contributed by atoms with Gasteiger partial charge in [0, 0.05) is 21.4 Å². The van der Waals surface area contributed by atoms with Crippen molar-refractivity contribution >= 4 is 45.1 Å². The molecule has 1 N–H and O–H groups in total. The number of nitrogens with one attached hydrogen (secondary N) is 1. The number of fused-ring (bicyclic) bond motifs is 1. The largest absolute Gasteiger partial charge is 0.324 e. The van der Waals surface area contributed by atoms with Gasteiger partial charge in [0.15, 0.2) is 5.78 Å². The molecular weight excluding hydrogens is 350 g/mol. The Hall–Kier alpha value is -1.59. The van der Waals surface area contributed by atoms with Crippen molar-refractivity contribution in [3.8, 4) is 0 Å². The molecule has 0 fully saturated rings. The Morgan fingerprint density at radius 2 is 1.86 bits per heavy atom. The van der Waals surface area contributed by atoms with Gasteiger partial charge in [0.25, 0.3) is 0 Å². The van der Waals surface area contributed by atoms with E-state index in [2.05, 4.69) is 21.2 Å². The van der Waals surface area contributed by atoms with E-state index in [0.717, 1.165) is 15.1 Å². The summed E-state index contributed by atoms with van der Waals surface area (Å²) in [5.41, 5.74) is 1.45. The molecule has 0 radical (unpaired) electrons. The summed E-state index contributed by atoms with van der Waals surface area (Å²) in [6, 6.07) is 14.8. The zero-order valence-electron chi connectivity index (χ0n) is 11.0. The normalized spacial score (nSPS) is 17.0. The predicted molar refractivity (Wildman–Crippen MR) is 87.8 cm³/mol. The van der Waals surface area contributed by atoms with E-state index in [4.69, 9.17) is 0 Å². The second-order valence-corrected chi connectivity index (χ2v) is 6.89. The van der Waals surface area contributed by atoms with Gasteiger partial charge in [-0.3, -0.25) is 9.59 Å². The molecule has 0 saturated carbocycles. The summed E-state index contributed by atoms with van der Waals surface area (Å²) in [6.07, 6.45) is 0.201. The SMILES string of the molecule is O=C(C[C@@H]1Sc2ccccc2NC1=O)c1ccc(Br)cc1. The highest BCUT2D eigenvalue weighted by atomic mass is 79.9. The van der Waals surface area contributed by atoms with Gasteiger partial charge in [0.1, 0.15) is 0 Å². The van der Waals surface area contributed by atoms with Gasteiger partial charge in [0.05, 0.1) is 10.9 Å². The molecule has 3 nitrogen and oxygen atoms in total. The summed E-state index contributed by atoms with van der Waals surface area (Å²) in [6.45, 7) is 0. The maximum absolute atomic E-state index is 12.3. The van der Waals surface area contributed by atoms with E-state index in [9.17, 15) is 9.59 Å². The molecule has 0 aliphatic carbocycles. The lowest BCUT2D eigenvalue weighted by molar-refractivity contribution is -0.115. The molecule has 5 heteroatoms. The number of halogens is 1. The fourth-order valence-electron chi connectivity index (χ4n) is 2.15. The monoisotopic (exact) mass is 361 g/mol. The lowest BCUT2D eigenvalue weighted by Gasteiger charge is -2.23. The molecule has 0 saturated heterocycles. The quantitative estimate of drug-likeness (QED) is 0.835. The molecular formula is C16H12BrNO2S. The van der Waals surface area contributed by atoms with Crippen molar-refractivity contribution in [2.24, 2.45) is 0 Å². The van der Waals surface area contributed by atoms with Crippen LogP contribution >= 0.6 is 27.7 Å². The van der Waals surface area contributed by atoms with E-state index in [1.165, 1.54) is 11.8 Å². The van der Waals surface area contributed by atoms with Crippen LogP contribution in [-0.2, 0) is 4.79 Å². The van der Waals surface area contributed by atoms with E-state index in [-0.39, 0.29) is 23.4 Å². The molecule has 1 atom stereocenters. The fraction of sp³-hybridized carbons (Fsp3) is 0.125. The van der Waals surface area contributed by atoms with Crippen molar-refractivity contribution in [2.45, 2.75) is 16.6 Å². The molecule has 0 bridgehead atoms. The molecule has 1 amide bonds. The Morgan fingerprint density at radius 1 is 1.14 bits per heavy atom. The maximum atomic E-state index is 12.3. The van der Waals surface area contributed by atoms with Gasteiger partial charge < -0.3 is 5.32 Å². The Labute approximate surface area is 135 Å². The van der Waals surface area contributed by atoms with Crippen LogP contribution in [0, 0.1) is 0 Å². The van der Waals surface area contributed by atoms with Gasteiger partial charge in [-0.15, -0.1) is 11.8 Å². The van der Waals surface area contributed by atoms with Gasteiger partial charge >= 0.3 is 0 Å². The first-order chi connectivity index (χ1) is 10.1. The third-order valence-corrected chi connectivity index (χ3v) is 5.05. The highest BCUT2D eigenvalue weighted by Crippen LogP contribution is 2.37. The molecule has 1 aliphatic heterocycles. The van der Waals surface area contributed by atoms with Crippen molar-refractivity contribution in [1.82, 2.24) is 0 Å². The minimum Gasteiger partial charge on any atom is -0.324 e. The number of carbonyl (C=O) groups is 2. The Kier molecular flexibility index (Phi) is 4.12. The number of anilines is 1. The zero-order chi connectivity index (χ0) is 14.8. The third-order valence-electron chi connectivity index (χ3n) is 3.24. The first-order valence-electron chi connectivity index (χ1n) is 6.49. The number of carbonyl (C=O) groups excluding carboxylic acids is 2. The summed E-state index contributed by atoms with van der Waals surface area (Å²) in [5.74, 6) is -0.126. The topological polar surface area (TPSA) is 46.2 Å². The smallest absolute Gasteiger partial charge is 0.238 e. The summed E-state index contributed by atoms with van der Waals surface area (Å²) in [4.78, 5) is 25.4. The molecule has 0 unspecified atom stereocenters. The van der Waals surface area contributed by atoms with Crippen molar-refractivity contribution in [3.05, 3.63) is 58.6 Å². The Morgan fingerprint density at radius 3 is 2.62 bits per heavy atom. The number of benzene rings is 2. The van der Waals surface area contributed by atoms with Crippen molar-refractivity contribution < 1.29 is 9.59 Å². The average molecular weight is 362 g/mol. The van der Waals surface area contributed by atoms with Gasteiger partial charge in [-0.05, 0) is 24.3 Å². The van der Waals surface area contributed by atoms with Gasteiger partial charge in [-0.25, -0.2) is 0 Å². The van der Waals surface area contributed by atoms with Crippen LogP contribution < -0.4 is 5.32 Å². The minimum absolute atomic E-state index is 0.0190. The van der Waals surface area contributed by atoms with Crippen molar-refractivity contribution in [2.75, 3.05) is 5.32 Å². The molecule has 106 valence electrons. The van der Waals surface area contributed by atoms with Crippen LogP contribution in [0.15, 0.2) is 57.9 Å². The van der Waals surface area contributed by atoms with Crippen molar-refractivity contribution in [1.29, 1.82) is 0 Å². The predicted octanol–water partition coefficient (Wildman–Crippen LogP) is 4.13. The number of amides is 1. The van der Waals surface area contributed by atoms with Crippen molar-refractivity contribution in [3.63, 3.8) is 0 Å². The highest BCUT2D eigenvalue weighted by Gasteiger charge is 2.28. The summed E-state index contributed by atoms with van der Waals surface area (Å²) in [7, 11) is 0. The zero-order valence-corrected chi connectivity index (χ0v) is 13.4. The average Bonchev–Trinajstić information content (AvgIpc) is 2.48. The first kappa shape index (κ1) is 14.4. The number of para-hydroxylation sites is 1. The van der Waals surface area contributed by atoms with E-state index in [1.54, 1.807) is 12.1 Å². The molecule has 2 aromatic carbocycles. The van der Waals surface area contributed by atoms with Crippen LogP contribution in [0.5, 0.6) is 0 Å². The number of rotatable bonds is 3. The summed E-state index contributed by atoms with van der Waals surface area (Å²) >= 11 is 4.79. The molecule has 3 rings (SSSR count). The maximum Gasteiger partial charge on any atom is 0.238 e. The van der Waals surface area contributed by atoms with E-state index >= 15 is 0 Å². The highest BCUT2D eigenvalue weighted by molar-refractivity contribution is 9.10. The number of thioether (sulfide) groups is 1. The Balaban J connectivity index is 1.75. The number of ketones is 1. The summed E-state index contributed by atoms with van der Waals surface area (Å²) < 4.78 is 0.928. The molecule has 1 aliphatic rings. The number of hydrogen-bond donors (Lipinski definition) is 1. The van der Waals surface area contributed by atoms with Crippen LogP contribution in [0.2, 0.25) is 0 Å². The molecule has 0 spiro atoms. The second kappa shape index (κ2) is 6.03. The fourth-order valence-corrected chi connectivity index (χ4v) is 3.52. The standard InChI is InChI=1S/C16H12BrNO2S/c17-11-7-5-10(6-8-11)13(19)9-15-16(20)18-12-3-1-2-4-14(12)21-15/h1-8,15H,9H2,(H,18,20)/t15-/m0/s1. The lowest BCUT2D eigenvalue weighted by Crippen LogP contribution is -2.30. The van der Waals surface area contributed by atoms with E-state index < -0.39 is 0 Å². The lowest BCUT2D eigenvalue weighted by atomic mass is 10.1. The van der Waals surface area contributed by atoms with E-state index in [0.29, 0.717) is 5.56 Å². The van der Waals surface area contributed by atoms with Gasteiger partial charge in [0.2, 0.25) is 5.91 Å². The van der Waals surface area contributed by atoms with Crippen LogP contribution in [0.25, 0.3) is 0 Å². The van der Waals surface area contributed by atoms with Crippen LogP contribution in [-0.4, -0.2) is 16.9 Å². The molecule has 0 aromatic heterocycles. The minimum atomic E-state index is -0.379. The Bertz CT molecular complexity index is 700. The second-order valence-electron chi connectivity index (χ2n) is 4.73. The third kappa shape index (κ3) is 3.19.